The fourth-order valence-corrected chi connectivity index (χ4v) is 4.09. The summed E-state index contributed by atoms with van der Waals surface area (Å²) >= 11 is 0. The van der Waals surface area contributed by atoms with E-state index in [-0.39, 0.29) is 17.9 Å². The lowest BCUT2D eigenvalue weighted by atomic mass is 9.81. The van der Waals surface area contributed by atoms with Crippen LogP contribution in [0.2, 0.25) is 0 Å². The number of rotatable bonds is 4. The van der Waals surface area contributed by atoms with Crippen molar-refractivity contribution in [3.8, 4) is 0 Å². The molecule has 1 aliphatic carbocycles. The van der Waals surface area contributed by atoms with Crippen LogP contribution in [-0.4, -0.2) is 36.6 Å². The number of nitrogens with one attached hydrogen (secondary N) is 1. The first-order chi connectivity index (χ1) is 12.3. The van der Waals surface area contributed by atoms with E-state index in [1.54, 1.807) is 0 Å². The van der Waals surface area contributed by atoms with Gasteiger partial charge in [0.1, 0.15) is 5.70 Å². The maximum atomic E-state index is 10.9. The zero-order valence-corrected chi connectivity index (χ0v) is 15.5. The van der Waals surface area contributed by atoms with Crippen molar-refractivity contribution >= 4 is 23.2 Å². The van der Waals surface area contributed by atoms with Gasteiger partial charge >= 0.3 is 0 Å². The molecule has 1 heterocycles. The van der Waals surface area contributed by atoms with Crippen molar-refractivity contribution in [2.45, 2.75) is 18.4 Å². The third-order valence-electron chi connectivity index (χ3n) is 5.46. The molecule has 2 aromatic rings. The van der Waals surface area contributed by atoms with Crippen molar-refractivity contribution in [3.63, 3.8) is 0 Å². The van der Waals surface area contributed by atoms with Crippen molar-refractivity contribution in [3.05, 3.63) is 76.9 Å². The monoisotopic (exact) mass is 369 g/mol. The summed E-state index contributed by atoms with van der Waals surface area (Å²) in [5.41, 5.74) is 1.82. The third kappa shape index (κ3) is 3.58. The Bertz CT molecular complexity index is 837. The van der Waals surface area contributed by atoms with Crippen molar-refractivity contribution in [2.24, 2.45) is 5.18 Å². The van der Waals surface area contributed by atoms with E-state index in [9.17, 15) is 4.91 Å². The molecule has 0 aromatic heterocycles. The van der Waals surface area contributed by atoms with Crippen LogP contribution in [0.15, 0.2) is 71.6 Å². The van der Waals surface area contributed by atoms with Gasteiger partial charge in [0.15, 0.2) is 0 Å². The second kappa shape index (κ2) is 8.12. The highest BCUT2D eigenvalue weighted by molar-refractivity contribution is 5.86. The smallest absolute Gasteiger partial charge is 0.103 e. The van der Waals surface area contributed by atoms with Crippen LogP contribution >= 0.6 is 12.4 Å². The average molecular weight is 370 g/mol. The van der Waals surface area contributed by atoms with Crippen LogP contribution in [0.4, 0.5) is 0 Å². The number of hydrogen-bond acceptors (Lipinski definition) is 4. The van der Waals surface area contributed by atoms with E-state index in [0.29, 0.717) is 5.70 Å². The average Bonchev–Trinajstić information content (AvgIpc) is 2.69. The van der Waals surface area contributed by atoms with Crippen LogP contribution in [0, 0.1) is 4.91 Å². The maximum absolute atomic E-state index is 10.9. The molecule has 0 radical (unpaired) electrons. The second-order valence-corrected chi connectivity index (χ2v) is 6.91. The molecule has 1 saturated heterocycles. The summed E-state index contributed by atoms with van der Waals surface area (Å²) in [6.45, 7) is 4.06. The van der Waals surface area contributed by atoms with Crippen molar-refractivity contribution in [1.82, 2.24) is 10.2 Å². The van der Waals surface area contributed by atoms with Crippen LogP contribution < -0.4 is 5.32 Å². The van der Waals surface area contributed by atoms with E-state index < -0.39 is 0 Å². The highest BCUT2D eigenvalue weighted by atomic mass is 35.5. The molecule has 0 bridgehead atoms. The van der Waals surface area contributed by atoms with Crippen LogP contribution in [0.3, 0.4) is 0 Å². The number of nitrogens with zero attached hydrogens (tertiary/aromatic N) is 2. The molecular formula is C21H24ClN3O. The number of halogens is 1. The Morgan fingerprint density at radius 1 is 1.08 bits per heavy atom. The summed E-state index contributed by atoms with van der Waals surface area (Å²) in [5, 5.41) is 9.14. The number of piperazine rings is 1. The summed E-state index contributed by atoms with van der Waals surface area (Å²) in [5.74, 6) is 0. The fraction of sp³-hybridized carbons (Fsp3) is 0.333. The molecule has 0 saturated carbocycles. The lowest BCUT2D eigenvalue weighted by Crippen LogP contribution is -2.56. The Balaban J connectivity index is 0.00000196. The topological polar surface area (TPSA) is 44.7 Å². The molecule has 1 atom stereocenters. The summed E-state index contributed by atoms with van der Waals surface area (Å²) in [6.07, 6.45) is 7.85. The molecule has 0 amide bonds. The molecule has 1 aliphatic heterocycles. The van der Waals surface area contributed by atoms with E-state index in [1.807, 2.05) is 12.2 Å². The Morgan fingerprint density at radius 3 is 2.58 bits per heavy atom. The van der Waals surface area contributed by atoms with Crippen LogP contribution in [0.5, 0.6) is 0 Å². The molecule has 1 N–H and O–H groups in total. The second-order valence-electron chi connectivity index (χ2n) is 6.91. The molecule has 0 spiro atoms. The van der Waals surface area contributed by atoms with Gasteiger partial charge in [-0.2, -0.15) is 0 Å². The number of allylic oxidation sites excluding steroid dienone is 1. The van der Waals surface area contributed by atoms with Gasteiger partial charge in [-0.1, -0.05) is 54.6 Å². The predicted molar refractivity (Wildman–Crippen MR) is 110 cm³/mol. The minimum atomic E-state index is -0.0829. The van der Waals surface area contributed by atoms with Gasteiger partial charge in [0.05, 0.1) is 0 Å². The van der Waals surface area contributed by atoms with Crippen molar-refractivity contribution in [1.29, 1.82) is 0 Å². The molecule has 4 rings (SSSR count). The first-order valence-corrected chi connectivity index (χ1v) is 8.96. The molecule has 5 heteroatoms. The van der Waals surface area contributed by atoms with E-state index >= 15 is 0 Å². The summed E-state index contributed by atoms with van der Waals surface area (Å²) in [6, 6.07) is 15.1. The van der Waals surface area contributed by atoms with Gasteiger partial charge in [0, 0.05) is 31.7 Å². The molecule has 26 heavy (non-hydrogen) atoms. The predicted octanol–water partition coefficient (Wildman–Crippen LogP) is 4.06. The molecular weight excluding hydrogens is 346 g/mol. The minimum Gasteiger partial charge on any atom is -0.314 e. The Hall–Kier alpha value is -2.01. The molecule has 4 nitrogen and oxygen atoms in total. The number of fused-ring (bicyclic) bond motifs is 1. The van der Waals surface area contributed by atoms with Gasteiger partial charge in [-0.15, -0.1) is 17.3 Å². The number of benzene rings is 2. The Morgan fingerprint density at radius 2 is 1.85 bits per heavy atom. The van der Waals surface area contributed by atoms with E-state index in [0.717, 1.165) is 39.0 Å². The van der Waals surface area contributed by atoms with Crippen molar-refractivity contribution < 1.29 is 0 Å². The van der Waals surface area contributed by atoms with E-state index in [2.05, 4.69) is 63.9 Å². The van der Waals surface area contributed by atoms with Gasteiger partial charge in [0.2, 0.25) is 0 Å². The third-order valence-corrected chi connectivity index (χ3v) is 5.46. The number of hydrogen-bond donors (Lipinski definition) is 1. The van der Waals surface area contributed by atoms with Crippen LogP contribution in [0.25, 0.3) is 10.8 Å². The normalized spacial score (nSPS) is 23.3. The number of nitroso groups, excluding NO2 is 1. The van der Waals surface area contributed by atoms with Gasteiger partial charge in [0.25, 0.3) is 0 Å². The quantitative estimate of drug-likeness (QED) is 0.826. The van der Waals surface area contributed by atoms with Crippen LogP contribution in [-0.2, 0) is 6.42 Å². The van der Waals surface area contributed by atoms with Gasteiger partial charge in [-0.25, -0.2) is 0 Å². The first-order valence-electron chi connectivity index (χ1n) is 8.96. The molecule has 136 valence electrons. The molecule has 2 aromatic carbocycles. The summed E-state index contributed by atoms with van der Waals surface area (Å²) in [7, 11) is 0. The van der Waals surface area contributed by atoms with Gasteiger partial charge in [-0.05, 0) is 40.4 Å². The Labute approximate surface area is 160 Å². The minimum absolute atomic E-state index is 0. The standard InChI is InChI=1S/C21H23N3O.ClH/c25-23-19-8-10-21(11-9-19,24-14-12-22-13-15-24)16-18-6-3-5-17-4-1-2-7-20(17)18;/h1-10,22H,11-16H2;1H. The largest absolute Gasteiger partial charge is 0.314 e. The fourth-order valence-electron chi connectivity index (χ4n) is 4.09. The Kier molecular flexibility index (Phi) is 5.87. The summed E-state index contributed by atoms with van der Waals surface area (Å²) in [4.78, 5) is 13.4. The molecule has 1 unspecified atom stereocenters. The van der Waals surface area contributed by atoms with Gasteiger partial charge < -0.3 is 5.32 Å². The molecule has 1 fully saturated rings. The lowest BCUT2D eigenvalue weighted by Gasteiger charge is -2.45. The maximum Gasteiger partial charge on any atom is 0.103 e. The summed E-state index contributed by atoms with van der Waals surface area (Å²) < 4.78 is 0. The zero-order chi connectivity index (χ0) is 17.1. The van der Waals surface area contributed by atoms with Gasteiger partial charge in [-0.3, -0.25) is 4.90 Å². The molecule has 2 aliphatic rings. The first kappa shape index (κ1) is 18.8. The lowest BCUT2D eigenvalue weighted by molar-refractivity contribution is 0.113. The highest BCUT2D eigenvalue weighted by Crippen LogP contribution is 2.34. The van der Waals surface area contributed by atoms with E-state index in [1.165, 1.54) is 16.3 Å². The van der Waals surface area contributed by atoms with Crippen LogP contribution in [0.1, 0.15) is 12.0 Å². The van der Waals surface area contributed by atoms with Crippen molar-refractivity contribution in [2.75, 3.05) is 26.2 Å². The SMILES string of the molecule is Cl.O=NC1=CCC(Cc2cccc3ccccc23)(N2CCNCC2)C=C1. The zero-order valence-electron chi connectivity index (χ0n) is 14.7. The van der Waals surface area contributed by atoms with E-state index in [4.69, 9.17) is 0 Å². The highest BCUT2D eigenvalue weighted by Gasteiger charge is 2.36.